The van der Waals surface area contributed by atoms with Gasteiger partial charge in [-0.15, -0.1) is 0 Å². The van der Waals surface area contributed by atoms with E-state index in [1.807, 2.05) is 12.3 Å². The fraction of sp³-hybridized carbons (Fsp3) is 0.667. The third kappa shape index (κ3) is 1.46. The van der Waals surface area contributed by atoms with Crippen molar-refractivity contribution in [2.24, 2.45) is 0 Å². The van der Waals surface area contributed by atoms with Gasteiger partial charge in [-0.05, 0) is 31.9 Å². The van der Waals surface area contributed by atoms with Gasteiger partial charge < -0.3 is 9.64 Å². The van der Waals surface area contributed by atoms with Gasteiger partial charge >= 0.3 is 0 Å². The Morgan fingerprint density at radius 1 is 1.26 bits per heavy atom. The van der Waals surface area contributed by atoms with Gasteiger partial charge in [-0.25, -0.2) is 4.98 Å². The molecule has 1 aromatic heterocycles. The van der Waals surface area contributed by atoms with Crippen LogP contribution in [0.4, 0.5) is 5.82 Å². The monoisotopic (exact) mass is 257 g/mol. The highest BCUT2D eigenvalue weighted by Gasteiger charge is 2.50. The highest BCUT2D eigenvalue weighted by atomic mass is 16.5. The Balaban J connectivity index is 1.49. The number of nitrogens with zero attached hydrogens (tertiary/aromatic N) is 3. The average molecular weight is 257 g/mol. The molecule has 1 aromatic rings. The second-order valence-electron chi connectivity index (χ2n) is 6.32. The van der Waals surface area contributed by atoms with Crippen LogP contribution in [0.15, 0.2) is 12.3 Å². The van der Waals surface area contributed by atoms with Crippen molar-refractivity contribution in [2.75, 3.05) is 31.1 Å². The first kappa shape index (κ1) is 10.5. The molecule has 4 aliphatic rings. The predicted octanol–water partition coefficient (Wildman–Crippen LogP) is 1.61. The lowest BCUT2D eigenvalue weighted by Gasteiger charge is -2.38. The molecular weight excluding hydrogens is 238 g/mol. The highest BCUT2D eigenvalue weighted by Crippen LogP contribution is 2.56. The zero-order valence-corrected chi connectivity index (χ0v) is 11.1. The standard InChI is InChI=1S/C15H19N3O/c1-2-10-9-18(7-6-17(10)5-1)15-14-11-8-13(11)19-12(14)3-4-16-15/h3-4,10-11,13H,1-2,5-9H2/t10-,11?,13?/m0/s1. The Hall–Kier alpha value is -1.29. The summed E-state index contributed by atoms with van der Waals surface area (Å²) >= 11 is 0. The lowest BCUT2D eigenvalue weighted by Crippen LogP contribution is -2.50. The van der Waals surface area contributed by atoms with Crippen LogP contribution in [-0.4, -0.2) is 48.2 Å². The Labute approximate surface area is 113 Å². The van der Waals surface area contributed by atoms with Gasteiger partial charge in [-0.2, -0.15) is 0 Å². The molecule has 1 saturated carbocycles. The molecular formula is C15H19N3O. The molecule has 0 spiro atoms. The molecule has 0 bridgehead atoms. The van der Waals surface area contributed by atoms with E-state index in [0.29, 0.717) is 12.0 Å². The van der Waals surface area contributed by atoms with Crippen LogP contribution in [0.25, 0.3) is 0 Å². The van der Waals surface area contributed by atoms with Gasteiger partial charge in [-0.1, -0.05) is 0 Å². The second-order valence-corrected chi connectivity index (χ2v) is 6.32. The van der Waals surface area contributed by atoms with Crippen molar-refractivity contribution in [1.29, 1.82) is 0 Å². The Bertz CT molecular complexity index is 532. The van der Waals surface area contributed by atoms with Crippen LogP contribution in [0.3, 0.4) is 0 Å². The third-order valence-electron chi connectivity index (χ3n) is 5.20. The summed E-state index contributed by atoms with van der Waals surface area (Å²) in [4.78, 5) is 9.85. The van der Waals surface area contributed by atoms with E-state index in [4.69, 9.17) is 9.72 Å². The molecule has 4 heteroatoms. The molecule has 0 radical (unpaired) electrons. The molecule has 0 N–H and O–H groups in total. The molecule has 4 nitrogen and oxygen atoms in total. The molecule has 1 aliphatic carbocycles. The number of pyridine rings is 1. The minimum atomic E-state index is 0.464. The molecule has 0 aromatic carbocycles. The maximum atomic E-state index is 5.92. The highest BCUT2D eigenvalue weighted by molar-refractivity contribution is 5.61. The van der Waals surface area contributed by atoms with Crippen LogP contribution in [0.2, 0.25) is 0 Å². The normalized spacial score (nSPS) is 35.6. The number of hydrogen-bond donors (Lipinski definition) is 0. The minimum Gasteiger partial charge on any atom is -0.489 e. The number of piperazine rings is 1. The summed E-state index contributed by atoms with van der Waals surface area (Å²) in [5.74, 6) is 2.95. The zero-order chi connectivity index (χ0) is 12.4. The van der Waals surface area contributed by atoms with Gasteiger partial charge in [0.25, 0.3) is 0 Å². The maximum Gasteiger partial charge on any atom is 0.135 e. The van der Waals surface area contributed by atoms with Crippen LogP contribution >= 0.6 is 0 Å². The average Bonchev–Trinajstić information content (AvgIpc) is 2.90. The van der Waals surface area contributed by atoms with Crippen molar-refractivity contribution in [1.82, 2.24) is 9.88 Å². The van der Waals surface area contributed by atoms with Crippen molar-refractivity contribution in [2.45, 2.75) is 37.3 Å². The Kier molecular flexibility index (Phi) is 2.00. The molecule has 2 unspecified atom stereocenters. The quantitative estimate of drug-likeness (QED) is 0.764. The summed E-state index contributed by atoms with van der Waals surface area (Å²) in [5.41, 5.74) is 1.40. The topological polar surface area (TPSA) is 28.6 Å². The number of anilines is 1. The number of hydrogen-bond acceptors (Lipinski definition) is 4. The number of fused-ring (bicyclic) bond motifs is 4. The van der Waals surface area contributed by atoms with Gasteiger partial charge in [-0.3, -0.25) is 4.90 Å². The zero-order valence-electron chi connectivity index (χ0n) is 11.1. The van der Waals surface area contributed by atoms with E-state index in [-0.39, 0.29) is 0 Å². The molecule has 19 heavy (non-hydrogen) atoms. The van der Waals surface area contributed by atoms with E-state index in [2.05, 4.69) is 9.80 Å². The van der Waals surface area contributed by atoms with Gasteiger partial charge in [0, 0.05) is 43.4 Å². The molecule has 2 saturated heterocycles. The lowest BCUT2D eigenvalue weighted by atomic mass is 10.1. The minimum absolute atomic E-state index is 0.464. The fourth-order valence-corrected chi connectivity index (χ4v) is 4.10. The van der Waals surface area contributed by atoms with Crippen molar-refractivity contribution >= 4 is 5.82 Å². The molecule has 4 heterocycles. The van der Waals surface area contributed by atoms with Crippen molar-refractivity contribution in [3.05, 3.63) is 17.8 Å². The molecule has 5 rings (SSSR count). The lowest BCUT2D eigenvalue weighted by molar-refractivity contribution is 0.230. The second kappa shape index (κ2) is 3.63. The van der Waals surface area contributed by atoms with Gasteiger partial charge in [0.05, 0.1) is 0 Å². The maximum absolute atomic E-state index is 5.92. The van der Waals surface area contributed by atoms with Crippen LogP contribution < -0.4 is 9.64 Å². The first-order valence-corrected chi connectivity index (χ1v) is 7.55. The van der Waals surface area contributed by atoms with Crippen LogP contribution in [-0.2, 0) is 0 Å². The summed E-state index contributed by atoms with van der Waals surface area (Å²) in [5, 5.41) is 0. The smallest absolute Gasteiger partial charge is 0.135 e. The van der Waals surface area contributed by atoms with E-state index >= 15 is 0 Å². The van der Waals surface area contributed by atoms with Gasteiger partial charge in [0.1, 0.15) is 17.7 Å². The molecule has 3 atom stereocenters. The van der Waals surface area contributed by atoms with Crippen molar-refractivity contribution < 1.29 is 4.74 Å². The van der Waals surface area contributed by atoms with E-state index in [1.54, 1.807) is 0 Å². The fourth-order valence-electron chi connectivity index (χ4n) is 4.10. The van der Waals surface area contributed by atoms with Gasteiger partial charge in [0.2, 0.25) is 0 Å². The van der Waals surface area contributed by atoms with Crippen LogP contribution in [0.1, 0.15) is 30.7 Å². The summed E-state index contributed by atoms with van der Waals surface area (Å²) < 4.78 is 5.92. The van der Waals surface area contributed by atoms with Crippen LogP contribution in [0.5, 0.6) is 5.75 Å². The van der Waals surface area contributed by atoms with E-state index < -0.39 is 0 Å². The number of aromatic nitrogens is 1. The first-order valence-electron chi connectivity index (χ1n) is 7.55. The van der Waals surface area contributed by atoms with E-state index in [9.17, 15) is 0 Å². The van der Waals surface area contributed by atoms with Crippen molar-refractivity contribution in [3.8, 4) is 5.75 Å². The molecule has 3 fully saturated rings. The molecule has 3 aliphatic heterocycles. The largest absolute Gasteiger partial charge is 0.489 e. The van der Waals surface area contributed by atoms with E-state index in [1.165, 1.54) is 43.7 Å². The van der Waals surface area contributed by atoms with Crippen LogP contribution in [0, 0.1) is 0 Å². The number of ether oxygens (including phenoxy) is 1. The van der Waals surface area contributed by atoms with Gasteiger partial charge in [0.15, 0.2) is 0 Å². The third-order valence-corrected chi connectivity index (χ3v) is 5.20. The Morgan fingerprint density at radius 3 is 3.26 bits per heavy atom. The Morgan fingerprint density at radius 2 is 2.26 bits per heavy atom. The SMILES string of the molecule is c1cc2c(c(N3CCN4CCC[C@H]4C3)n1)C1CC1O2. The first-order chi connectivity index (χ1) is 9.40. The summed E-state index contributed by atoms with van der Waals surface area (Å²) in [6.07, 6.45) is 6.31. The predicted molar refractivity (Wildman–Crippen MR) is 72.8 cm³/mol. The summed E-state index contributed by atoms with van der Waals surface area (Å²) in [6, 6.07) is 2.79. The number of rotatable bonds is 1. The molecule has 100 valence electrons. The van der Waals surface area contributed by atoms with Crippen molar-refractivity contribution in [3.63, 3.8) is 0 Å². The molecule has 0 amide bonds. The van der Waals surface area contributed by atoms with E-state index in [0.717, 1.165) is 24.9 Å². The summed E-state index contributed by atoms with van der Waals surface area (Å²) in [7, 11) is 0. The summed E-state index contributed by atoms with van der Waals surface area (Å²) in [6.45, 7) is 4.77.